The number of ether oxygens (including phenoxy) is 2. The van der Waals surface area contributed by atoms with Crippen LogP contribution in [0.1, 0.15) is 66.8 Å². The molecular formula is C28H28F8N6O2. The molecular weight excluding hydrogens is 604 g/mol. The second-order valence-corrected chi connectivity index (χ2v) is 11.4. The van der Waals surface area contributed by atoms with Crippen molar-refractivity contribution in [2.45, 2.75) is 69.8 Å². The lowest BCUT2D eigenvalue weighted by Crippen LogP contribution is -2.31. The second-order valence-electron chi connectivity index (χ2n) is 11.4. The first-order valence-electron chi connectivity index (χ1n) is 14.1. The highest BCUT2D eigenvalue weighted by Crippen LogP contribution is 2.49. The van der Waals surface area contributed by atoms with Crippen LogP contribution in [0.5, 0.6) is 11.5 Å². The molecule has 0 radical (unpaired) electrons. The first kappa shape index (κ1) is 30.2. The van der Waals surface area contributed by atoms with Crippen LogP contribution in [0, 0.1) is 5.92 Å². The number of tetrazole rings is 1. The van der Waals surface area contributed by atoms with E-state index in [1.807, 2.05) is 0 Å². The van der Waals surface area contributed by atoms with Gasteiger partial charge in [0, 0.05) is 37.0 Å². The zero-order valence-corrected chi connectivity index (χ0v) is 23.4. The fraction of sp³-hybridized carbons (Fsp3) is 0.536. The number of fused-ring (bicyclic) bond motifs is 2. The summed E-state index contributed by atoms with van der Waals surface area (Å²) in [4.78, 5) is 4.65. The van der Waals surface area contributed by atoms with Gasteiger partial charge < -0.3 is 19.3 Å². The number of hydrogen-bond acceptors (Lipinski definition) is 7. The Morgan fingerprint density at radius 2 is 1.52 bits per heavy atom. The molecule has 1 aromatic heterocycles. The van der Waals surface area contributed by atoms with E-state index in [0.29, 0.717) is 55.2 Å². The topological polar surface area (TPSA) is 68.5 Å². The maximum Gasteiger partial charge on any atom is 0.586 e. The summed E-state index contributed by atoms with van der Waals surface area (Å²) in [5.41, 5.74) is -2.15. The number of rotatable bonds is 6. The molecule has 0 spiro atoms. The lowest BCUT2D eigenvalue weighted by Gasteiger charge is -2.33. The second kappa shape index (κ2) is 10.9. The van der Waals surface area contributed by atoms with Gasteiger partial charge in [0.1, 0.15) is 0 Å². The fourth-order valence-corrected chi connectivity index (χ4v) is 6.33. The lowest BCUT2D eigenvalue weighted by molar-refractivity contribution is -0.286. The molecule has 3 aliphatic rings. The van der Waals surface area contributed by atoms with Crippen molar-refractivity contribution in [1.82, 2.24) is 20.2 Å². The first-order chi connectivity index (χ1) is 20.7. The van der Waals surface area contributed by atoms with Crippen LogP contribution in [0.25, 0.3) is 0 Å². The Hall–Kier alpha value is -3.85. The molecule has 16 heteroatoms. The van der Waals surface area contributed by atoms with E-state index in [0.717, 1.165) is 30.5 Å². The van der Waals surface area contributed by atoms with Crippen molar-refractivity contribution in [1.29, 1.82) is 0 Å². The molecule has 1 atom stereocenters. The normalized spacial score (nSPS) is 20.1. The number of aryl methyl sites for hydroxylation is 1. The Morgan fingerprint density at radius 3 is 2.11 bits per heavy atom. The molecule has 44 heavy (non-hydrogen) atoms. The lowest BCUT2D eigenvalue weighted by atomic mass is 9.97. The monoisotopic (exact) mass is 632 g/mol. The Kier molecular flexibility index (Phi) is 7.51. The van der Waals surface area contributed by atoms with Crippen molar-refractivity contribution in [3.05, 3.63) is 52.6 Å². The largest absolute Gasteiger partial charge is 0.586 e. The zero-order valence-electron chi connectivity index (χ0n) is 23.4. The minimum absolute atomic E-state index is 0.0540. The molecule has 6 rings (SSSR count). The molecule has 1 saturated carbocycles. The minimum atomic E-state index is -5.04. The summed E-state index contributed by atoms with van der Waals surface area (Å²) < 4.78 is 120. The third-order valence-corrected chi connectivity index (χ3v) is 8.24. The summed E-state index contributed by atoms with van der Waals surface area (Å²) in [7, 11) is 1.46. The Labute approximate surface area is 246 Å². The maximum absolute atomic E-state index is 14.1. The van der Waals surface area contributed by atoms with Crippen molar-refractivity contribution in [3.63, 3.8) is 0 Å². The Bertz CT molecular complexity index is 1490. The number of halogens is 8. The summed E-state index contributed by atoms with van der Waals surface area (Å²) in [5.74, 6) is -0.0637. The number of nitrogens with zero attached hydrogens (tertiary/aromatic N) is 6. The van der Waals surface area contributed by atoms with E-state index in [4.69, 9.17) is 9.47 Å². The zero-order chi connectivity index (χ0) is 31.4. The van der Waals surface area contributed by atoms with Gasteiger partial charge >= 0.3 is 18.6 Å². The summed E-state index contributed by atoms with van der Waals surface area (Å²) in [6.45, 7) is 0.733. The smallest absolute Gasteiger partial charge is 0.395 e. The van der Waals surface area contributed by atoms with Crippen LogP contribution >= 0.6 is 0 Å². The van der Waals surface area contributed by atoms with Crippen molar-refractivity contribution in [3.8, 4) is 11.5 Å². The van der Waals surface area contributed by atoms with E-state index in [-0.39, 0.29) is 29.1 Å². The van der Waals surface area contributed by atoms with Gasteiger partial charge in [0.15, 0.2) is 11.5 Å². The molecule has 2 aliphatic heterocycles. The highest BCUT2D eigenvalue weighted by atomic mass is 19.4. The fourth-order valence-electron chi connectivity index (χ4n) is 6.33. The van der Waals surface area contributed by atoms with E-state index >= 15 is 0 Å². The maximum atomic E-state index is 14.1. The molecule has 0 unspecified atom stereocenters. The predicted octanol–water partition coefficient (Wildman–Crippen LogP) is 7.11. The van der Waals surface area contributed by atoms with Crippen molar-refractivity contribution in [2.75, 3.05) is 22.9 Å². The minimum Gasteiger partial charge on any atom is -0.395 e. The van der Waals surface area contributed by atoms with Crippen LogP contribution in [0.3, 0.4) is 0 Å². The number of aromatic nitrogens is 4. The average molecular weight is 633 g/mol. The summed E-state index contributed by atoms with van der Waals surface area (Å²) in [5, 5.41) is 12.1. The van der Waals surface area contributed by atoms with Crippen LogP contribution in [-0.2, 0) is 25.9 Å². The summed E-state index contributed by atoms with van der Waals surface area (Å²) >= 11 is 0. The van der Waals surface area contributed by atoms with Gasteiger partial charge in [-0.05, 0) is 66.6 Å². The van der Waals surface area contributed by atoms with Crippen molar-refractivity contribution >= 4 is 11.6 Å². The van der Waals surface area contributed by atoms with Crippen LogP contribution in [0.15, 0.2) is 30.3 Å². The molecule has 2 aromatic carbocycles. The Morgan fingerprint density at radius 1 is 0.886 bits per heavy atom. The summed E-state index contributed by atoms with van der Waals surface area (Å²) in [6, 6.07) is 3.49. The molecule has 1 fully saturated rings. The molecule has 0 amide bonds. The van der Waals surface area contributed by atoms with Crippen molar-refractivity contribution in [2.24, 2.45) is 13.0 Å². The molecule has 3 heterocycles. The van der Waals surface area contributed by atoms with Crippen LogP contribution in [-0.4, -0.2) is 39.6 Å². The Balaban J connectivity index is 1.46. The molecule has 0 N–H and O–H groups in total. The van der Waals surface area contributed by atoms with Crippen LogP contribution in [0.4, 0.5) is 46.8 Å². The number of anilines is 2. The molecule has 8 nitrogen and oxygen atoms in total. The van der Waals surface area contributed by atoms with E-state index in [1.165, 1.54) is 24.1 Å². The third kappa shape index (κ3) is 6.20. The SMILES string of the molecule is Cn1nnc(N(Cc2cc(C(F)(F)F)cc(C(F)(F)F)c2)[C@H]2CCCN(CC3CCCC3)c3cc4c(cc32)OC(F)(F)O4)n1. The first-order valence-corrected chi connectivity index (χ1v) is 14.1. The van der Waals surface area contributed by atoms with Crippen LogP contribution < -0.4 is 19.3 Å². The molecule has 3 aromatic rings. The van der Waals surface area contributed by atoms with E-state index < -0.39 is 42.4 Å². The van der Waals surface area contributed by atoms with E-state index in [2.05, 4.69) is 20.3 Å². The van der Waals surface area contributed by atoms with Gasteiger partial charge in [0.25, 0.3) is 5.95 Å². The van der Waals surface area contributed by atoms with Gasteiger partial charge in [0.05, 0.1) is 24.2 Å². The molecule has 1 aliphatic carbocycles. The van der Waals surface area contributed by atoms with Gasteiger partial charge in [-0.3, -0.25) is 0 Å². The third-order valence-electron chi connectivity index (χ3n) is 8.24. The number of hydrogen-bond donors (Lipinski definition) is 0. The molecule has 238 valence electrons. The van der Waals surface area contributed by atoms with Gasteiger partial charge in [-0.15, -0.1) is 13.9 Å². The average Bonchev–Trinajstić information content (AvgIpc) is 3.64. The number of benzene rings is 2. The van der Waals surface area contributed by atoms with Gasteiger partial charge in [-0.1, -0.05) is 17.9 Å². The summed E-state index contributed by atoms with van der Waals surface area (Å²) in [6.07, 6.45) is -8.83. The molecule has 0 bridgehead atoms. The van der Waals surface area contributed by atoms with Crippen LogP contribution in [0.2, 0.25) is 0 Å². The van der Waals surface area contributed by atoms with E-state index in [1.54, 1.807) is 0 Å². The van der Waals surface area contributed by atoms with E-state index in [9.17, 15) is 35.1 Å². The number of alkyl halides is 8. The standard InChI is InChI=1S/C28H28F8N6O2/c1-40-38-25(37-39-40)42(15-17-9-18(26(29,30)31)11-19(10-17)27(32,33)34)21-7-4-8-41(14-16-5-2-3-6-16)22-13-24-23(12-20(21)22)43-28(35,36)44-24/h9-13,16,21H,2-8,14-15H2,1H3/t21-/m0/s1. The highest BCUT2D eigenvalue weighted by molar-refractivity contribution is 5.66. The van der Waals surface area contributed by atoms with Gasteiger partial charge in [-0.2, -0.15) is 31.1 Å². The van der Waals surface area contributed by atoms with Gasteiger partial charge in [0.2, 0.25) is 0 Å². The quantitative estimate of drug-likeness (QED) is 0.269. The van der Waals surface area contributed by atoms with Crippen molar-refractivity contribution < 1.29 is 44.6 Å². The predicted molar refractivity (Wildman–Crippen MR) is 140 cm³/mol. The highest BCUT2D eigenvalue weighted by Gasteiger charge is 2.45. The molecule has 0 saturated heterocycles. The van der Waals surface area contributed by atoms with Gasteiger partial charge in [-0.25, -0.2) is 0 Å².